The van der Waals surface area contributed by atoms with Crippen LogP contribution in [0.3, 0.4) is 0 Å². The summed E-state index contributed by atoms with van der Waals surface area (Å²) < 4.78 is 6.69. The Balaban J connectivity index is 1.58. The summed E-state index contributed by atoms with van der Waals surface area (Å²) in [6.07, 6.45) is 0. The van der Waals surface area contributed by atoms with Crippen molar-refractivity contribution in [3.63, 3.8) is 0 Å². The highest BCUT2D eigenvalue weighted by Crippen LogP contribution is 2.42. The Kier molecular flexibility index (Phi) is 4.92. The molecule has 2 aromatic carbocycles. The molecule has 2 aromatic heterocycles. The minimum Gasteiger partial charge on any atom is -0.484 e. The van der Waals surface area contributed by atoms with Gasteiger partial charge in [0.05, 0.1) is 10.2 Å². The number of carbonyl (C=O) groups is 1. The van der Waals surface area contributed by atoms with Crippen LogP contribution in [0.5, 0.6) is 5.75 Å². The van der Waals surface area contributed by atoms with Crippen LogP contribution >= 0.6 is 22.7 Å². The summed E-state index contributed by atoms with van der Waals surface area (Å²) in [5.74, 6) is 0.500. The predicted octanol–water partition coefficient (Wildman–Crippen LogP) is 5.66. The molecule has 0 saturated carbocycles. The smallest absolute Gasteiger partial charge is 0.262 e. The molecule has 0 unspecified atom stereocenters. The highest BCUT2D eigenvalue weighted by Gasteiger charge is 2.19. The topological polar surface area (TPSA) is 51.2 Å². The number of hydrogen-bond acceptors (Lipinski definition) is 5. The number of hydrogen-bond donors (Lipinski definition) is 1. The molecule has 0 radical (unpaired) electrons. The molecule has 136 valence electrons. The molecule has 0 fully saturated rings. The van der Waals surface area contributed by atoms with Crippen molar-refractivity contribution in [3.05, 3.63) is 65.0 Å². The van der Waals surface area contributed by atoms with Gasteiger partial charge in [-0.25, -0.2) is 4.98 Å². The van der Waals surface area contributed by atoms with Gasteiger partial charge in [0, 0.05) is 10.4 Å². The molecule has 6 heteroatoms. The van der Waals surface area contributed by atoms with Gasteiger partial charge >= 0.3 is 0 Å². The van der Waals surface area contributed by atoms with E-state index in [0.717, 1.165) is 31.4 Å². The lowest BCUT2D eigenvalue weighted by Crippen LogP contribution is -2.19. The molecule has 4 nitrogen and oxygen atoms in total. The molecule has 1 amide bonds. The Hall–Kier alpha value is -2.70. The van der Waals surface area contributed by atoms with E-state index in [0.29, 0.717) is 5.75 Å². The fourth-order valence-corrected chi connectivity index (χ4v) is 5.00. The molecule has 0 saturated heterocycles. The molecule has 0 aliphatic carbocycles. The van der Waals surface area contributed by atoms with E-state index in [2.05, 4.69) is 25.2 Å². The van der Waals surface area contributed by atoms with Crippen LogP contribution < -0.4 is 10.1 Å². The number of carbonyl (C=O) groups excluding carboxylic acids is 1. The average Bonchev–Trinajstić information content (AvgIpc) is 3.21. The van der Waals surface area contributed by atoms with E-state index in [4.69, 9.17) is 9.72 Å². The number of amides is 1. The van der Waals surface area contributed by atoms with Crippen molar-refractivity contribution in [2.45, 2.75) is 13.8 Å². The average molecular weight is 395 g/mol. The SMILES string of the molecule is Cc1sc(NC(=O)COc2ccccc2)c(-c2nc3ccccc3s2)c1C. The summed E-state index contributed by atoms with van der Waals surface area (Å²) in [6, 6.07) is 17.4. The van der Waals surface area contributed by atoms with Crippen LogP contribution in [-0.4, -0.2) is 17.5 Å². The maximum absolute atomic E-state index is 12.4. The molecular weight excluding hydrogens is 376 g/mol. The number of ether oxygens (including phenoxy) is 1. The monoisotopic (exact) mass is 394 g/mol. The molecule has 0 spiro atoms. The molecule has 27 heavy (non-hydrogen) atoms. The molecule has 4 aromatic rings. The first-order chi connectivity index (χ1) is 13.1. The summed E-state index contributed by atoms with van der Waals surface area (Å²) in [5.41, 5.74) is 3.13. The lowest BCUT2D eigenvalue weighted by molar-refractivity contribution is -0.118. The van der Waals surface area contributed by atoms with E-state index in [9.17, 15) is 4.79 Å². The molecule has 0 atom stereocenters. The van der Waals surface area contributed by atoms with Gasteiger partial charge in [-0.3, -0.25) is 4.79 Å². The van der Waals surface area contributed by atoms with Gasteiger partial charge in [-0.05, 0) is 43.7 Å². The normalized spacial score (nSPS) is 10.9. The number of anilines is 1. The van der Waals surface area contributed by atoms with Crippen molar-refractivity contribution < 1.29 is 9.53 Å². The molecule has 0 aliphatic rings. The van der Waals surface area contributed by atoms with E-state index < -0.39 is 0 Å². The molecular formula is C21H18N2O2S2. The largest absolute Gasteiger partial charge is 0.484 e. The van der Waals surface area contributed by atoms with E-state index >= 15 is 0 Å². The van der Waals surface area contributed by atoms with Crippen molar-refractivity contribution in [1.82, 2.24) is 4.98 Å². The minimum atomic E-state index is -0.178. The number of rotatable bonds is 5. The van der Waals surface area contributed by atoms with Gasteiger partial charge in [-0.1, -0.05) is 30.3 Å². The third-order valence-electron chi connectivity index (χ3n) is 4.26. The van der Waals surface area contributed by atoms with E-state index in [-0.39, 0.29) is 12.5 Å². The number of fused-ring (bicyclic) bond motifs is 1. The number of aryl methyl sites for hydroxylation is 1. The number of benzene rings is 2. The Morgan fingerprint density at radius 1 is 1.04 bits per heavy atom. The second kappa shape index (κ2) is 7.50. The highest BCUT2D eigenvalue weighted by molar-refractivity contribution is 7.22. The first-order valence-corrected chi connectivity index (χ1v) is 10.2. The minimum absolute atomic E-state index is 0.0285. The fourth-order valence-electron chi connectivity index (χ4n) is 2.78. The van der Waals surface area contributed by atoms with E-state index in [1.54, 1.807) is 22.7 Å². The number of nitrogens with one attached hydrogen (secondary N) is 1. The number of para-hydroxylation sites is 2. The van der Waals surface area contributed by atoms with Crippen LogP contribution in [0.2, 0.25) is 0 Å². The molecule has 2 heterocycles. The number of thiazole rings is 1. The summed E-state index contributed by atoms with van der Waals surface area (Å²) in [7, 11) is 0. The van der Waals surface area contributed by atoms with Crippen molar-refractivity contribution in [2.75, 3.05) is 11.9 Å². The third kappa shape index (κ3) is 3.72. The van der Waals surface area contributed by atoms with Gasteiger partial charge < -0.3 is 10.1 Å². The molecule has 0 bridgehead atoms. The highest BCUT2D eigenvalue weighted by atomic mass is 32.1. The first-order valence-electron chi connectivity index (χ1n) is 8.55. The van der Waals surface area contributed by atoms with Gasteiger partial charge in [-0.2, -0.15) is 0 Å². The second-order valence-corrected chi connectivity index (χ2v) is 8.38. The maximum atomic E-state index is 12.4. The van der Waals surface area contributed by atoms with Gasteiger partial charge in [0.25, 0.3) is 5.91 Å². The van der Waals surface area contributed by atoms with Gasteiger partial charge in [-0.15, -0.1) is 22.7 Å². The zero-order valence-electron chi connectivity index (χ0n) is 15.0. The lowest BCUT2D eigenvalue weighted by atomic mass is 10.1. The van der Waals surface area contributed by atoms with Crippen molar-refractivity contribution in [1.29, 1.82) is 0 Å². The van der Waals surface area contributed by atoms with Crippen LogP contribution in [0.1, 0.15) is 10.4 Å². The van der Waals surface area contributed by atoms with E-state index in [1.165, 1.54) is 4.88 Å². The van der Waals surface area contributed by atoms with Gasteiger partial charge in [0.2, 0.25) is 0 Å². The number of aromatic nitrogens is 1. The third-order valence-corrected chi connectivity index (χ3v) is 6.44. The molecule has 1 N–H and O–H groups in total. The van der Waals surface area contributed by atoms with Crippen LogP contribution in [-0.2, 0) is 4.79 Å². The Bertz CT molecular complexity index is 1070. The number of thiophene rings is 1. The van der Waals surface area contributed by atoms with Crippen molar-refractivity contribution in [2.24, 2.45) is 0 Å². The molecule has 4 rings (SSSR count). The predicted molar refractivity (Wildman–Crippen MR) is 113 cm³/mol. The van der Waals surface area contributed by atoms with E-state index in [1.807, 2.05) is 48.5 Å². The van der Waals surface area contributed by atoms with Crippen molar-refractivity contribution >= 4 is 43.8 Å². The van der Waals surface area contributed by atoms with Crippen LogP contribution in [0.25, 0.3) is 20.8 Å². The van der Waals surface area contributed by atoms with Crippen LogP contribution in [0.15, 0.2) is 54.6 Å². The summed E-state index contributed by atoms with van der Waals surface area (Å²) in [6.45, 7) is 4.11. The fraction of sp³-hybridized carbons (Fsp3) is 0.143. The molecule has 0 aliphatic heterocycles. The first kappa shape index (κ1) is 17.7. The Labute approximate surface area is 165 Å². The lowest BCUT2D eigenvalue weighted by Gasteiger charge is -2.07. The second-order valence-electron chi connectivity index (χ2n) is 6.12. The summed E-state index contributed by atoms with van der Waals surface area (Å²) >= 11 is 3.22. The quantitative estimate of drug-likeness (QED) is 0.475. The van der Waals surface area contributed by atoms with Crippen LogP contribution in [0.4, 0.5) is 5.00 Å². The standard InChI is InChI=1S/C21H18N2O2S2/c1-13-14(2)26-21(23-18(24)12-25-15-8-4-3-5-9-15)19(13)20-22-16-10-6-7-11-17(16)27-20/h3-11H,12H2,1-2H3,(H,23,24). The van der Waals surface area contributed by atoms with Gasteiger partial charge in [0.15, 0.2) is 6.61 Å². The Morgan fingerprint density at radius 3 is 2.56 bits per heavy atom. The van der Waals surface area contributed by atoms with Crippen LogP contribution in [0, 0.1) is 13.8 Å². The Morgan fingerprint density at radius 2 is 1.78 bits per heavy atom. The summed E-state index contributed by atoms with van der Waals surface area (Å²) in [5, 5.41) is 4.76. The zero-order valence-corrected chi connectivity index (χ0v) is 16.6. The number of nitrogens with zero attached hydrogens (tertiary/aromatic N) is 1. The summed E-state index contributed by atoms with van der Waals surface area (Å²) in [4.78, 5) is 18.3. The van der Waals surface area contributed by atoms with Gasteiger partial charge in [0.1, 0.15) is 15.8 Å². The van der Waals surface area contributed by atoms with Crippen molar-refractivity contribution in [3.8, 4) is 16.3 Å². The maximum Gasteiger partial charge on any atom is 0.262 e. The zero-order chi connectivity index (χ0) is 18.8.